The van der Waals surface area contributed by atoms with Gasteiger partial charge >= 0.3 is 6.61 Å². The van der Waals surface area contributed by atoms with Crippen molar-refractivity contribution in [3.8, 4) is 5.75 Å². The maximum Gasteiger partial charge on any atom is 0.387 e. The molecule has 0 saturated carbocycles. The van der Waals surface area contributed by atoms with E-state index < -0.39 is 6.61 Å². The second-order valence-corrected chi connectivity index (χ2v) is 3.83. The van der Waals surface area contributed by atoms with Gasteiger partial charge in [-0.25, -0.2) is 4.98 Å². The first-order valence-electron chi connectivity index (χ1n) is 5.81. The molecular formula is C12H12F2N4O2. The third-order valence-electron chi connectivity index (χ3n) is 2.41. The topological polar surface area (TPSA) is 69.0 Å². The van der Waals surface area contributed by atoms with E-state index in [-0.39, 0.29) is 23.8 Å². The molecule has 0 fully saturated rings. The number of hydrogen-bond donors (Lipinski definition) is 1. The van der Waals surface area contributed by atoms with Crippen LogP contribution in [-0.2, 0) is 11.3 Å². The van der Waals surface area contributed by atoms with Crippen LogP contribution in [0, 0.1) is 0 Å². The molecule has 1 heterocycles. The van der Waals surface area contributed by atoms with Crippen LogP contribution in [0.5, 0.6) is 5.75 Å². The van der Waals surface area contributed by atoms with Crippen molar-refractivity contribution >= 4 is 11.6 Å². The molecule has 0 aliphatic carbocycles. The number of amides is 1. The molecule has 0 aliphatic rings. The SMILES string of the molecule is O=C(CCn1cncn1)Nc1ccccc1OC(F)F. The number of halogens is 2. The van der Waals surface area contributed by atoms with Crippen LogP contribution >= 0.6 is 0 Å². The van der Waals surface area contributed by atoms with Crippen LogP contribution in [0.15, 0.2) is 36.9 Å². The van der Waals surface area contributed by atoms with Crippen LogP contribution in [0.3, 0.4) is 0 Å². The van der Waals surface area contributed by atoms with E-state index in [4.69, 9.17) is 0 Å². The Bertz CT molecular complexity index is 560. The molecule has 0 atom stereocenters. The molecule has 0 radical (unpaired) electrons. The third kappa shape index (κ3) is 4.01. The van der Waals surface area contributed by atoms with Crippen molar-refractivity contribution in [2.45, 2.75) is 19.6 Å². The molecule has 0 spiro atoms. The lowest BCUT2D eigenvalue weighted by atomic mass is 10.3. The smallest absolute Gasteiger partial charge is 0.387 e. The normalized spacial score (nSPS) is 10.6. The van der Waals surface area contributed by atoms with Crippen molar-refractivity contribution in [2.24, 2.45) is 0 Å². The van der Waals surface area contributed by atoms with Gasteiger partial charge in [0.05, 0.1) is 12.2 Å². The molecule has 0 saturated heterocycles. The lowest BCUT2D eigenvalue weighted by Gasteiger charge is -2.11. The average Bonchev–Trinajstić information content (AvgIpc) is 2.91. The van der Waals surface area contributed by atoms with E-state index >= 15 is 0 Å². The number of rotatable bonds is 6. The molecule has 20 heavy (non-hydrogen) atoms. The minimum Gasteiger partial charge on any atom is -0.433 e. The van der Waals surface area contributed by atoms with Gasteiger partial charge in [0.25, 0.3) is 0 Å². The molecule has 106 valence electrons. The van der Waals surface area contributed by atoms with E-state index in [1.54, 1.807) is 12.1 Å². The first-order valence-corrected chi connectivity index (χ1v) is 5.81. The van der Waals surface area contributed by atoms with Crippen molar-refractivity contribution in [1.82, 2.24) is 14.8 Å². The van der Waals surface area contributed by atoms with Gasteiger partial charge in [-0.2, -0.15) is 13.9 Å². The first kappa shape index (κ1) is 13.9. The standard InChI is InChI=1S/C12H12F2N4O2/c13-12(14)20-10-4-2-1-3-9(10)17-11(19)5-6-18-8-15-7-16-18/h1-4,7-8,12H,5-6H2,(H,17,19). The number of ether oxygens (including phenoxy) is 1. The number of anilines is 1. The minimum absolute atomic E-state index is 0.0726. The summed E-state index contributed by atoms with van der Waals surface area (Å²) in [6.07, 6.45) is 3.00. The molecule has 6 nitrogen and oxygen atoms in total. The van der Waals surface area contributed by atoms with Gasteiger partial charge in [0, 0.05) is 6.42 Å². The van der Waals surface area contributed by atoms with E-state index in [2.05, 4.69) is 20.1 Å². The predicted octanol–water partition coefficient (Wildman–Crippen LogP) is 1.91. The van der Waals surface area contributed by atoms with Crippen LogP contribution in [0.1, 0.15) is 6.42 Å². The highest BCUT2D eigenvalue weighted by Crippen LogP contribution is 2.25. The summed E-state index contributed by atoms with van der Waals surface area (Å²) in [5.41, 5.74) is 0.205. The number of nitrogens with one attached hydrogen (secondary N) is 1. The molecule has 0 bridgehead atoms. The minimum atomic E-state index is -2.94. The fraction of sp³-hybridized carbons (Fsp3) is 0.250. The maximum atomic E-state index is 12.2. The van der Waals surface area contributed by atoms with Gasteiger partial charge in [0.2, 0.25) is 5.91 Å². The summed E-state index contributed by atoms with van der Waals surface area (Å²) in [7, 11) is 0. The monoisotopic (exact) mass is 282 g/mol. The zero-order valence-electron chi connectivity index (χ0n) is 10.4. The molecule has 0 unspecified atom stereocenters. The highest BCUT2D eigenvalue weighted by atomic mass is 19.3. The number of carbonyl (C=O) groups is 1. The van der Waals surface area contributed by atoms with Gasteiger partial charge in [-0.15, -0.1) is 0 Å². The van der Waals surface area contributed by atoms with Crippen LogP contribution < -0.4 is 10.1 Å². The lowest BCUT2D eigenvalue weighted by molar-refractivity contribution is -0.116. The highest BCUT2D eigenvalue weighted by molar-refractivity contribution is 5.92. The first-order chi connectivity index (χ1) is 9.65. The Balaban J connectivity index is 1.93. The number of benzene rings is 1. The van der Waals surface area contributed by atoms with Gasteiger partial charge < -0.3 is 10.1 Å². The van der Waals surface area contributed by atoms with Crippen LogP contribution in [0.25, 0.3) is 0 Å². The van der Waals surface area contributed by atoms with Crippen molar-refractivity contribution in [3.05, 3.63) is 36.9 Å². The molecule has 8 heteroatoms. The van der Waals surface area contributed by atoms with Gasteiger partial charge in [-0.3, -0.25) is 9.48 Å². The number of para-hydroxylation sites is 2. The van der Waals surface area contributed by atoms with Crippen molar-refractivity contribution < 1.29 is 18.3 Å². The number of aromatic nitrogens is 3. The fourth-order valence-electron chi connectivity index (χ4n) is 1.55. The summed E-state index contributed by atoms with van der Waals surface area (Å²) < 4.78 is 30.3. The molecule has 0 aliphatic heterocycles. The van der Waals surface area contributed by atoms with E-state index in [1.165, 1.54) is 29.5 Å². The highest BCUT2D eigenvalue weighted by Gasteiger charge is 2.11. The summed E-state index contributed by atoms with van der Waals surface area (Å²) in [6, 6.07) is 6.01. The lowest BCUT2D eigenvalue weighted by Crippen LogP contribution is -2.16. The van der Waals surface area contributed by atoms with Crippen LogP contribution in [0.4, 0.5) is 14.5 Å². The Hall–Kier alpha value is -2.51. The van der Waals surface area contributed by atoms with E-state index in [0.717, 1.165) is 0 Å². The van der Waals surface area contributed by atoms with Crippen LogP contribution in [0.2, 0.25) is 0 Å². The number of hydrogen-bond acceptors (Lipinski definition) is 4. The summed E-state index contributed by atoms with van der Waals surface area (Å²) in [6.45, 7) is -2.59. The van der Waals surface area contributed by atoms with E-state index in [0.29, 0.717) is 6.54 Å². The summed E-state index contributed by atoms with van der Waals surface area (Å²) in [4.78, 5) is 15.5. The third-order valence-corrected chi connectivity index (χ3v) is 2.41. The average molecular weight is 282 g/mol. The molecule has 2 aromatic rings. The molecule has 2 rings (SSSR count). The van der Waals surface area contributed by atoms with Gasteiger partial charge in [0.15, 0.2) is 0 Å². The molecule has 1 aromatic heterocycles. The second-order valence-electron chi connectivity index (χ2n) is 3.83. The number of aryl methyl sites for hydroxylation is 1. The van der Waals surface area contributed by atoms with E-state index in [9.17, 15) is 13.6 Å². The summed E-state index contributed by atoms with van der Waals surface area (Å²) >= 11 is 0. The number of carbonyl (C=O) groups excluding carboxylic acids is 1. The number of alkyl halides is 2. The Kier molecular flexibility index (Phi) is 4.59. The Morgan fingerprint density at radius 3 is 2.90 bits per heavy atom. The second kappa shape index (κ2) is 6.60. The predicted molar refractivity (Wildman–Crippen MR) is 66.3 cm³/mol. The quantitative estimate of drug-likeness (QED) is 0.878. The van der Waals surface area contributed by atoms with Crippen molar-refractivity contribution in [1.29, 1.82) is 0 Å². The fourth-order valence-corrected chi connectivity index (χ4v) is 1.55. The largest absolute Gasteiger partial charge is 0.433 e. The zero-order chi connectivity index (χ0) is 14.4. The molecule has 1 aromatic carbocycles. The Labute approximate surface area is 113 Å². The molecule has 1 N–H and O–H groups in total. The van der Waals surface area contributed by atoms with Gasteiger partial charge in [-0.1, -0.05) is 12.1 Å². The zero-order valence-corrected chi connectivity index (χ0v) is 10.4. The molecule has 1 amide bonds. The van der Waals surface area contributed by atoms with E-state index in [1.807, 2.05) is 0 Å². The maximum absolute atomic E-state index is 12.2. The Morgan fingerprint density at radius 1 is 1.40 bits per heavy atom. The van der Waals surface area contributed by atoms with Crippen molar-refractivity contribution in [2.75, 3.05) is 5.32 Å². The summed E-state index contributed by atoms with van der Waals surface area (Å²) in [5, 5.41) is 6.37. The Morgan fingerprint density at radius 2 is 2.20 bits per heavy atom. The van der Waals surface area contributed by atoms with Gasteiger partial charge in [0.1, 0.15) is 18.4 Å². The number of nitrogens with zero attached hydrogens (tertiary/aromatic N) is 3. The van der Waals surface area contributed by atoms with Gasteiger partial charge in [-0.05, 0) is 12.1 Å². The van der Waals surface area contributed by atoms with Crippen LogP contribution in [-0.4, -0.2) is 27.3 Å². The van der Waals surface area contributed by atoms with Crippen molar-refractivity contribution in [3.63, 3.8) is 0 Å². The summed E-state index contributed by atoms with van der Waals surface area (Å²) in [5.74, 6) is -0.401. The molecular weight excluding hydrogens is 270 g/mol.